The molecule has 12 heteroatoms. The third-order valence-electron chi connectivity index (χ3n) is 7.44. The minimum absolute atomic E-state index is 0.0191. The van der Waals surface area contributed by atoms with Crippen LogP contribution in [0, 0.1) is 11.7 Å². The summed E-state index contributed by atoms with van der Waals surface area (Å²) in [7, 11) is -2.15. The van der Waals surface area contributed by atoms with Crippen molar-refractivity contribution < 1.29 is 30.7 Å². The Hall–Kier alpha value is -2.80. The molecule has 1 aliphatic carbocycles. The highest BCUT2D eigenvalue weighted by molar-refractivity contribution is 7.89. The first-order valence-corrected chi connectivity index (χ1v) is 14.3. The Balaban J connectivity index is 1.37. The molecule has 210 valence electrons. The summed E-state index contributed by atoms with van der Waals surface area (Å²) in [5, 5.41) is -0.102. The zero-order valence-electron chi connectivity index (χ0n) is 21.4. The first kappa shape index (κ1) is 27.8. The average molecular weight is 567 g/mol. The average Bonchev–Trinajstić information content (AvgIpc) is 3.41. The second kappa shape index (κ2) is 11.0. The highest BCUT2D eigenvalue weighted by Gasteiger charge is 2.43. The smallest absolute Gasteiger partial charge is 0.372 e. The molecule has 7 nitrogen and oxygen atoms in total. The third kappa shape index (κ3) is 6.19. The molecule has 3 aromatic rings. The molecule has 1 aliphatic heterocycles. The standard InChI is InChI=1S/C27H30F4N4O3S/c1-34-16-25(32-17-34)39(36,37)33-8-11-38-26-23-14-20(28)6-7-21(23)22(24(26)15-35-9-3-10-35)13-18-4-2-5-19(12-18)27(29,30)31/h2,4-7,12,14,16-17,22,24,26,33H,3,8-11,13,15H2,1H3. The molecule has 1 saturated heterocycles. The molecule has 2 aliphatic rings. The molecular weight excluding hydrogens is 536 g/mol. The molecular formula is C27H30F4N4O3S. The van der Waals surface area contributed by atoms with Crippen molar-refractivity contribution in [3.8, 4) is 0 Å². The van der Waals surface area contributed by atoms with Crippen LogP contribution in [0.25, 0.3) is 0 Å². The summed E-state index contributed by atoms with van der Waals surface area (Å²) in [6, 6.07) is 9.79. The van der Waals surface area contributed by atoms with Gasteiger partial charge in [0.05, 0.1) is 24.6 Å². The van der Waals surface area contributed by atoms with Crippen molar-refractivity contribution in [1.82, 2.24) is 19.2 Å². The number of hydrogen-bond acceptors (Lipinski definition) is 5. The predicted molar refractivity (Wildman–Crippen MR) is 136 cm³/mol. The first-order chi connectivity index (χ1) is 18.5. The van der Waals surface area contributed by atoms with E-state index in [-0.39, 0.29) is 30.0 Å². The molecule has 2 aromatic carbocycles. The predicted octanol–water partition coefficient (Wildman–Crippen LogP) is 4.28. The second-order valence-electron chi connectivity index (χ2n) is 10.2. The third-order valence-corrected chi connectivity index (χ3v) is 8.78. The zero-order chi connectivity index (χ0) is 27.8. The number of fused-ring (bicyclic) bond motifs is 1. The van der Waals surface area contributed by atoms with Crippen molar-refractivity contribution in [3.05, 3.63) is 83.1 Å². The fourth-order valence-corrected chi connectivity index (χ4v) is 6.45. The number of aryl methyl sites for hydroxylation is 1. The molecule has 39 heavy (non-hydrogen) atoms. The summed E-state index contributed by atoms with van der Waals surface area (Å²) < 4.78 is 89.8. The van der Waals surface area contributed by atoms with Crippen LogP contribution in [0.1, 0.15) is 40.7 Å². The number of aromatic nitrogens is 2. The summed E-state index contributed by atoms with van der Waals surface area (Å²) >= 11 is 0. The van der Waals surface area contributed by atoms with Crippen molar-refractivity contribution in [3.63, 3.8) is 0 Å². The van der Waals surface area contributed by atoms with Crippen LogP contribution < -0.4 is 4.72 Å². The van der Waals surface area contributed by atoms with Crippen LogP contribution in [0.15, 0.2) is 60.0 Å². The van der Waals surface area contributed by atoms with Crippen molar-refractivity contribution in [1.29, 1.82) is 0 Å². The lowest BCUT2D eigenvalue weighted by Gasteiger charge is -2.37. The van der Waals surface area contributed by atoms with Crippen LogP contribution in [0.2, 0.25) is 0 Å². The second-order valence-corrected chi connectivity index (χ2v) is 11.9. The van der Waals surface area contributed by atoms with Gasteiger partial charge < -0.3 is 14.2 Å². The maximum Gasteiger partial charge on any atom is 0.416 e. The van der Waals surface area contributed by atoms with Gasteiger partial charge in [0.1, 0.15) is 5.82 Å². The van der Waals surface area contributed by atoms with Gasteiger partial charge in [-0.3, -0.25) is 0 Å². The highest BCUT2D eigenvalue weighted by Crippen LogP contribution is 2.49. The van der Waals surface area contributed by atoms with Gasteiger partial charge in [-0.25, -0.2) is 22.5 Å². The summed E-state index contributed by atoms with van der Waals surface area (Å²) in [4.78, 5) is 6.12. The minimum atomic E-state index is -4.45. The molecule has 0 saturated carbocycles. The van der Waals surface area contributed by atoms with E-state index < -0.39 is 33.7 Å². The molecule has 0 amide bonds. The molecule has 2 heterocycles. The molecule has 1 aromatic heterocycles. The molecule has 0 spiro atoms. The van der Waals surface area contributed by atoms with E-state index in [9.17, 15) is 26.0 Å². The van der Waals surface area contributed by atoms with Gasteiger partial charge in [-0.15, -0.1) is 0 Å². The van der Waals surface area contributed by atoms with Crippen LogP contribution in [0.5, 0.6) is 0 Å². The Morgan fingerprint density at radius 2 is 1.92 bits per heavy atom. The summed E-state index contributed by atoms with van der Waals surface area (Å²) in [5.74, 6) is -0.774. The number of alkyl halides is 3. The normalized spacial score (nSPS) is 21.6. The van der Waals surface area contributed by atoms with Crippen LogP contribution in [0.3, 0.4) is 0 Å². The number of nitrogens with zero attached hydrogens (tertiary/aromatic N) is 3. The van der Waals surface area contributed by atoms with Gasteiger partial charge >= 0.3 is 6.18 Å². The number of ether oxygens (including phenoxy) is 1. The van der Waals surface area contributed by atoms with Gasteiger partial charge in [-0.2, -0.15) is 13.2 Å². The topological polar surface area (TPSA) is 76.5 Å². The number of imidazole rings is 1. The Morgan fingerprint density at radius 1 is 1.13 bits per heavy atom. The highest BCUT2D eigenvalue weighted by atomic mass is 32.2. The van der Waals surface area contributed by atoms with Gasteiger partial charge in [-0.1, -0.05) is 24.3 Å². The number of nitrogens with one attached hydrogen (secondary N) is 1. The van der Waals surface area contributed by atoms with E-state index in [1.165, 1.54) is 41.4 Å². The van der Waals surface area contributed by atoms with Crippen molar-refractivity contribution in [2.75, 3.05) is 32.8 Å². The van der Waals surface area contributed by atoms with E-state index >= 15 is 0 Å². The van der Waals surface area contributed by atoms with Gasteiger partial charge in [0.2, 0.25) is 0 Å². The number of benzene rings is 2. The molecule has 1 N–H and O–H groups in total. The summed E-state index contributed by atoms with van der Waals surface area (Å²) in [6.45, 7) is 2.47. The van der Waals surface area contributed by atoms with E-state index in [1.54, 1.807) is 19.2 Å². The van der Waals surface area contributed by atoms with Crippen LogP contribution in [-0.4, -0.2) is 55.7 Å². The summed E-state index contributed by atoms with van der Waals surface area (Å²) in [5.41, 5.74) is 1.34. The molecule has 0 radical (unpaired) electrons. The lowest BCUT2D eigenvalue weighted by Crippen LogP contribution is -2.42. The van der Waals surface area contributed by atoms with E-state index in [2.05, 4.69) is 14.6 Å². The number of halogens is 4. The monoisotopic (exact) mass is 566 g/mol. The van der Waals surface area contributed by atoms with Crippen molar-refractivity contribution in [2.24, 2.45) is 13.0 Å². The number of rotatable bonds is 10. The Labute approximate surface area is 224 Å². The lowest BCUT2D eigenvalue weighted by molar-refractivity contribution is -0.137. The molecule has 3 unspecified atom stereocenters. The molecule has 0 bridgehead atoms. The van der Waals surface area contributed by atoms with Crippen molar-refractivity contribution in [2.45, 2.75) is 36.1 Å². The molecule has 1 fully saturated rings. The van der Waals surface area contributed by atoms with Gasteiger partial charge in [0.25, 0.3) is 10.0 Å². The number of likely N-dealkylation sites (tertiary alicyclic amines) is 1. The Bertz CT molecular complexity index is 1420. The quantitative estimate of drug-likeness (QED) is 0.293. The first-order valence-electron chi connectivity index (χ1n) is 12.8. The van der Waals surface area contributed by atoms with Gasteiger partial charge in [0, 0.05) is 32.3 Å². The Morgan fingerprint density at radius 3 is 2.59 bits per heavy atom. The fraction of sp³-hybridized carbons (Fsp3) is 0.444. The lowest BCUT2D eigenvalue weighted by atomic mass is 9.85. The maximum absolute atomic E-state index is 14.4. The largest absolute Gasteiger partial charge is 0.416 e. The summed E-state index contributed by atoms with van der Waals surface area (Å²) in [6.07, 6.45) is -0.800. The minimum Gasteiger partial charge on any atom is -0.372 e. The van der Waals surface area contributed by atoms with Crippen LogP contribution in [-0.2, 0) is 34.4 Å². The zero-order valence-corrected chi connectivity index (χ0v) is 22.2. The van der Waals surface area contributed by atoms with E-state index in [1.807, 2.05) is 0 Å². The van der Waals surface area contributed by atoms with E-state index in [0.29, 0.717) is 24.1 Å². The van der Waals surface area contributed by atoms with Crippen molar-refractivity contribution >= 4 is 10.0 Å². The Kier molecular flexibility index (Phi) is 7.82. The SMILES string of the molecule is Cn1cnc(S(=O)(=O)NCCOC2c3cc(F)ccc3C(Cc3cccc(C(F)(F)F)c3)C2CN2CCC2)c1. The van der Waals surface area contributed by atoms with Crippen LogP contribution in [0.4, 0.5) is 17.6 Å². The fourth-order valence-electron chi connectivity index (χ4n) is 5.45. The van der Waals surface area contributed by atoms with Gasteiger partial charge in [0.15, 0.2) is 5.03 Å². The molecule has 5 rings (SSSR count). The van der Waals surface area contributed by atoms with Crippen LogP contribution >= 0.6 is 0 Å². The van der Waals surface area contributed by atoms with E-state index in [4.69, 9.17) is 4.74 Å². The molecule has 3 atom stereocenters. The number of hydrogen-bond donors (Lipinski definition) is 1. The number of sulfonamides is 1. The van der Waals surface area contributed by atoms with E-state index in [0.717, 1.165) is 31.1 Å². The maximum atomic E-state index is 14.4. The van der Waals surface area contributed by atoms with Gasteiger partial charge in [-0.05, 0) is 66.7 Å².